The molecule has 0 aromatic carbocycles. The van der Waals surface area contributed by atoms with Crippen LogP contribution >= 0.6 is 7.82 Å². The molecule has 0 aliphatic heterocycles. The summed E-state index contributed by atoms with van der Waals surface area (Å²) in [6.07, 6.45) is 81.2. The standard InChI is InChI=1S/C74H141N2O7P/c1-7-10-13-16-19-22-25-28-30-32-34-36-38-40-42-44-46-48-51-54-57-60-63-66-73(77)75-71(70-82-84(79,80)81-69-68-76(4,5)6)72(65-62-59-56-53-50-27-24-21-18-15-12-9-3)83-74(78)67-64-61-58-55-52-49-47-45-43-41-39-37-35-33-31-29-26-23-20-17-14-11-8-2/h19,22,28-31,62,65,71-72H,7-18,20-21,23-27,32-61,63-64,66-70H2,1-6H3,(H-,75,77,79,80)/p+1/b22-19-,30-28-,31-29+,65-62+. The number of quaternary nitrogens is 1. The number of ether oxygens (including phenoxy) is 1. The number of likely N-dealkylation sites (N-methyl/N-ethyl adjacent to an activating group) is 1. The highest BCUT2D eigenvalue weighted by Gasteiger charge is 2.30. The fourth-order valence-corrected chi connectivity index (χ4v) is 11.6. The van der Waals surface area contributed by atoms with Crippen LogP contribution in [0.2, 0.25) is 0 Å². The van der Waals surface area contributed by atoms with Crippen LogP contribution in [0, 0.1) is 0 Å². The van der Waals surface area contributed by atoms with Gasteiger partial charge in [-0.05, 0) is 89.5 Å². The topological polar surface area (TPSA) is 111 Å². The van der Waals surface area contributed by atoms with E-state index in [-0.39, 0.29) is 25.1 Å². The first-order valence-corrected chi connectivity index (χ1v) is 38.0. The predicted molar refractivity (Wildman–Crippen MR) is 365 cm³/mol. The lowest BCUT2D eigenvalue weighted by Gasteiger charge is -2.27. The van der Waals surface area contributed by atoms with Crippen molar-refractivity contribution in [1.29, 1.82) is 0 Å². The molecule has 0 aromatic heterocycles. The molecule has 0 aromatic rings. The Kier molecular flexibility index (Phi) is 62.4. The van der Waals surface area contributed by atoms with Crippen molar-refractivity contribution in [3.8, 4) is 0 Å². The molecule has 2 N–H and O–H groups in total. The van der Waals surface area contributed by atoms with E-state index in [0.29, 0.717) is 23.9 Å². The number of unbranched alkanes of at least 4 members (excludes halogenated alkanes) is 45. The van der Waals surface area contributed by atoms with Gasteiger partial charge in [0.1, 0.15) is 19.3 Å². The molecule has 0 rings (SSSR count). The van der Waals surface area contributed by atoms with Gasteiger partial charge in [-0.2, -0.15) is 0 Å². The van der Waals surface area contributed by atoms with Crippen molar-refractivity contribution in [3.05, 3.63) is 48.6 Å². The van der Waals surface area contributed by atoms with Crippen LogP contribution in [0.5, 0.6) is 0 Å². The second-order valence-corrected chi connectivity index (χ2v) is 27.6. The number of phosphoric acid groups is 1. The fourth-order valence-electron chi connectivity index (χ4n) is 10.9. The van der Waals surface area contributed by atoms with Gasteiger partial charge in [0.15, 0.2) is 0 Å². The summed E-state index contributed by atoms with van der Waals surface area (Å²) in [7, 11) is 1.51. The van der Waals surface area contributed by atoms with Gasteiger partial charge in [0.2, 0.25) is 5.91 Å². The Hall–Kier alpha value is -2.03. The summed E-state index contributed by atoms with van der Waals surface area (Å²) in [5, 5.41) is 3.08. The molecule has 0 heterocycles. The number of carbonyl (C=O) groups is 2. The van der Waals surface area contributed by atoms with Gasteiger partial charge in [-0.25, -0.2) is 4.57 Å². The average molecular weight is 1200 g/mol. The van der Waals surface area contributed by atoms with E-state index in [2.05, 4.69) is 62.5 Å². The number of amides is 1. The summed E-state index contributed by atoms with van der Waals surface area (Å²) < 4.78 is 30.9. The summed E-state index contributed by atoms with van der Waals surface area (Å²) in [4.78, 5) is 37.9. The second-order valence-electron chi connectivity index (χ2n) is 26.1. The monoisotopic (exact) mass is 1200 g/mol. The number of rotatable bonds is 67. The van der Waals surface area contributed by atoms with E-state index >= 15 is 0 Å². The molecule has 9 nitrogen and oxygen atoms in total. The van der Waals surface area contributed by atoms with Crippen molar-refractivity contribution in [2.45, 2.75) is 373 Å². The Morgan fingerprint density at radius 3 is 1.11 bits per heavy atom. The van der Waals surface area contributed by atoms with Crippen LogP contribution in [0.15, 0.2) is 48.6 Å². The van der Waals surface area contributed by atoms with E-state index in [4.69, 9.17) is 13.8 Å². The number of esters is 1. The van der Waals surface area contributed by atoms with E-state index in [0.717, 1.165) is 64.2 Å². The number of phosphoric ester groups is 1. The van der Waals surface area contributed by atoms with Crippen molar-refractivity contribution >= 4 is 19.7 Å². The molecular formula is C74H142N2O7P+. The molecule has 494 valence electrons. The fraction of sp³-hybridized carbons (Fsp3) is 0.865. The Morgan fingerprint density at radius 1 is 0.417 bits per heavy atom. The number of nitrogens with one attached hydrogen (secondary N) is 1. The summed E-state index contributed by atoms with van der Waals surface area (Å²) >= 11 is 0. The van der Waals surface area contributed by atoms with E-state index in [1.165, 1.54) is 263 Å². The molecule has 10 heteroatoms. The lowest BCUT2D eigenvalue weighted by Crippen LogP contribution is -2.47. The SMILES string of the molecule is CCCCC/C=C\C/C=C\CCCCCCCCCCCCCCCC(=O)NC(COP(=O)(O)OCC[N+](C)(C)C)C(/C=C/CCCCCCCCCCCC)OC(=O)CCCCCCCCCCCCCCC/C=C/CCCCCCCC. The van der Waals surface area contributed by atoms with Crippen LogP contribution in [-0.2, 0) is 27.9 Å². The van der Waals surface area contributed by atoms with E-state index < -0.39 is 20.0 Å². The molecule has 84 heavy (non-hydrogen) atoms. The van der Waals surface area contributed by atoms with Gasteiger partial charge in [-0.3, -0.25) is 18.6 Å². The third-order valence-corrected chi connectivity index (χ3v) is 17.5. The zero-order chi connectivity index (χ0) is 61.4. The second kappa shape index (κ2) is 64.0. The Morgan fingerprint density at radius 2 is 0.726 bits per heavy atom. The van der Waals surface area contributed by atoms with Crippen molar-refractivity contribution in [2.24, 2.45) is 0 Å². The number of hydrogen-bond donors (Lipinski definition) is 2. The maximum absolute atomic E-state index is 13.6. The zero-order valence-corrected chi connectivity index (χ0v) is 57.6. The molecule has 0 aliphatic carbocycles. The van der Waals surface area contributed by atoms with Gasteiger partial charge in [0, 0.05) is 12.8 Å². The van der Waals surface area contributed by atoms with Crippen LogP contribution in [0.4, 0.5) is 0 Å². The van der Waals surface area contributed by atoms with Crippen molar-refractivity contribution in [3.63, 3.8) is 0 Å². The van der Waals surface area contributed by atoms with Gasteiger partial charge in [0.25, 0.3) is 0 Å². The number of allylic oxidation sites excluding steroid dienone is 7. The van der Waals surface area contributed by atoms with Crippen LogP contribution in [0.1, 0.15) is 361 Å². The molecule has 0 aliphatic rings. The maximum atomic E-state index is 13.6. The molecular weight excluding hydrogens is 1060 g/mol. The molecule has 3 unspecified atom stereocenters. The largest absolute Gasteiger partial charge is 0.472 e. The van der Waals surface area contributed by atoms with Gasteiger partial charge in [-0.15, -0.1) is 0 Å². The lowest BCUT2D eigenvalue weighted by atomic mass is 10.0. The van der Waals surface area contributed by atoms with E-state index in [9.17, 15) is 19.0 Å². The van der Waals surface area contributed by atoms with E-state index in [1.807, 2.05) is 33.3 Å². The molecule has 0 fully saturated rings. The number of nitrogens with zero attached hydrogens (tertiary/aromatic N) is 1. The quantitative estimate of drug-likeness (QED) is 0.0205. The molecule has 0 bridgehead atoms. The van der Waals surface area contributed by atoms with E-state index in [1.54, 1.807) is 0 Å². The zero-order valence-electron chi connectivity index (χ0n) is 56.7. The minimum atomic E-state index is -4.45. The van der Waals surface area contributed by atoms with Gasteiger partial charge < -0.3 is 19.4 Å². The highest BCUT2D eigenvalue weighted by Crippen LogP contribution is 2.43. The smallest absolute Gasteiger partial charge is 0.456 e. The summed E-state index contributed by atoms with van der Waals surface area (Å²) in [6, 6.07) is -0.848. The minimum absolute atomic E-state index is 0.0417. The van der Waals surface area contributed by atoms with Gasteiger partial charge in [0.05, 0.1) is 33.8 Å². The predicted octanol–water partition coefficient (Wildman–Crippen LogP) is 23.2. The lowest BCUT2D eigenvalue weighted by molar-refractivity contribution is -0.870. The third kappa shape index (κ3) is 64.4. The minimum Gasteiger partial charge on any atom is -0.456 e. The summed E-state index contributed by atoms with van der Waals surface area (Å²) in [5.41, 5.74) is 0. The van der Waals surface area contributed by atoms with Crippen LogP contribution < -0.4 is 5.32 Å². The summed E-state index contributed by atoms with van der Waals surface area (Å²) in [5.74, 6) is -0.489. The third-order valence-electron chi connectivity index (χ3n) is 16.5. The number of hydrogen-bond acceptors (Lipinski definition) is 6. The Balaban J connectivity index is 5.02. The molecule has 0 saturated carbocycles. The Labute approximate surface area is 522 Å². The highest BCUT2D eigenvalue weighted by atomic mass is 31.2. The molecule has 0 spiro atoms. The first-order chi connectivity index (χ1) is 40.9. The Bertz CT molecular complexity index is 1570. The van der Waals surface area contributed by atoms with Crippen molar-refractivity contribution in [2.75, 3.05) is 40.9 Å². The first-order valence-electron chi connectivity index (χ1n) is 36.5. The first kappa shape index (κ1) is 82.0. The average Bonchev–Trinajstić information content (AvgIpc) is 3.64. The molecule has 1 amide bonds. The van der Waals surface area contributed by atoms with Gasteiger partial charge in [-0.1, -0.05) is 307 Å². The maximum Gasteiger partial charge on any atom is 0.472 e. The summed E-state index contributed by atoms with van der Waals surface area (Å²) in [6.45, 7) is 7.04. The highest BCUT2D eigenvalue weighted by molar-refractivity contribution is 7.47. The van der Waals surface area contributed by atoms with Crippen molar-refractivity contribution in [1.82, 2.24) is 5.32 Å². The van der Waals surface area contributed by atoms with Crippen molar-refractivity contribution < 1.29 is 37.3 Å². The van der Waals surface area contributed by atoms with Crippen LogP contribution in [0.25, 0.3) is 0 Å². The molecule has 0 radical (unpaired) electrons. The van der Waals surface area contributed by atoms with Crippen LogP contribution in [0.3, 0.4) is 0 Å². The number of carbonyl (C=O) groups excluding carboxylic acids is 2. The van der Waals surface area contributed by atoms with Gasteiger partial charge >= 0.3 is 13.8 Å². The molecule has 0 saturated heterocycles. The molecule has 3 atom stereocenters. The normalized spacial score (nSPS) is 13.8. The van der Waals surface area contributed by atoms with Crippen LogP contribution in [-0.4, -0.2) is 74.3 Å².